The van der Waals surface area contributed by atoms with Crippen LogP contribution in [-0.2, 0) is 4.74 Å². The molecule has 0 amide bonds. The molecule has 1 aromatic rings. The molecule has 0 aromatic carbocycles. The Bertz CT molecular complexity index is 355. The van der Waals surface area contributed by atoms with Crippen LogP contribution in [0.3, 0.4) is 0 Å². The zero-order valence-electron chi connectivity index (χ0n) is 8.50. The molecule has 0 saturated carbocycles. The fourth-order valence-electron chi connectivity index (χ4n) is 0.994. The van der Waals surface area contributed by atoms with Crippen molar-refractivity contribution in [2.24, 2.45) is 0 Å². The lowest BCUT2D eigenvalue weighted by Gasteiger charge is -2.05. The van der Waals surface area contributed by atoms with Gasteiger partial charge in [0, 0.05) is 0 Å². The minimum Gasteiger partial charge on any atom is -0.462 e. The summed E-state index contributed by atoms with van der Waals surface area (Å²) in [5.74, 6) is -0.478. The maximum Gasteiger partial charge on any atom is 0.341 e. The fraction of sp³-hybridized carbons (Fsp3) is 0.400. The number of nitrogen functional groups attached to an aromatic ring is 1. The van der Waals surface area contributed by atoms with Crippen molar-refractivity contribution < 1.29 is 9.53 Å². The molecule has 0 unspecified atom stereocenters. The second-order valence-electron chi connectivity index (χ2n) is 3.10. The number of carbonyl (C=O) groups excluding carboxylic acids is 1. The van der Waals surface area contributed by atoms with E-state index in [1.807, 2.05) is 6.92 Å². The molecule has 0 aliphatic carbocycles. The van der Waals surface area contributed by atoms with Crippen molar-refractivity contribution in [2.45, 2.75) is 19.8 Å². The van der Waals surface area contributed by atoms with Gasteiger partial charge in [-0.1, -0.05) is 24.9 Å². The Morgan fingerprint density at radius 1 is 1.67 bits per heavy atom. The lowest BCUT2D eigenvalue weighted by molar-refractivity contribution is 0.0499. The van der Waals surface area contributed by atoms with Gasteiger partial charge in [0.2, 0.25) is 0 Å². The first-order chi connectivity index (χ1) is 7.15. The number of anilines is 1. The third-order valence-corrected chi connectivity index (χ3v) is 2.11. The zero-order chi connectivity index (χ0) is 11.3. The van der Waals surface area contributed by atoms with Crippen LogP contribution in [0, 0.1) is 0 Å². The topological polar surface area (TPSA) is 65.2 Å². The molecule has 0 radical (unpaired) electrons. The average molecular weight is 229 g/mol. The minimum atomic E-state index is -0.478. The van der Waals surface area contributed by atoms with E-state index in [-0.39, 0.29) is 10.7 Å². The number of halogens is 1. The highest BCUT2D eigenvalue weighted by atomic mass is 35.5. The summed E-state index contributed by atoms with van der Waals surface area (Å²) in [6.07, 6.45) is 3.19. The molecule has 1 aromatic heterocycles. The van der Waals surface area contributed by atoms with Gasteiger partial charge in [-0.25, -0.2) is 9.78 Å². The molecular weight excluding hydrogens is 216 g/mol. The van der Waals surface area contributed by atoms with Crippen LogP contribution in [0.15, 0.2) is 12.3 Å². The average Bonchev–Trinajstić information content (AvgIpc) is 2.22. The van der Waals surface area contributed by atoms with Crippen molar-refractivity contribution in [3.05, 3.63) is 23.0 Å². The van der Waals surface area contributed by atoms with Crippen LogP contribution >= 0.6 is 11.6 Å². The van der Waals surface area contributed by atoms with Gasteiger partial charge in [0.15, 0.2) is 0 Å². The third-order valence-electron chi connectivity index (χ3n) is 1.81. The number of rotatable bonds is 4. The Morgan fingerprint density at radius 2 is 2.40 bits per heavy atom. The van der Waals surface area contributed by atoms with Crippen LogP contribution in [0.1, 0.15) is 30.1 Å². The van der Waals surface area contributed by atoms with Crippen molar-refractivity contribution >= 4 is 23.3 Å². The Labute approximate surface area is 93.4 Å². The van der Waals surface area contributed by atoms with E-state index < -0.39 is 5.97 Å². The van der Waals surface area contributed by atoms with Gasteiger partial charge < -0.3 is 10.5 Å². The third kappa shape index (κ3) is 3.40. The summed E-state index contributed by atoms with van der Waals surface area (Å²) in [7, 11) is 0. The molecule has 2 N–H and O–H groups in total. The molecule has 4 nitrogen and oxygen atoms in total. The first-order valence-electron chi connectivity index (χ1n) is 4.73. The summed E-state index contributed by atoms with van der Waals surface area (Å²) < 4.78 is 4.99. The molecule has 0 fully saturated rings. The van der Waals surface area contributed by atoms with Gasteiger partial charge in [-0.3, -0.25) is 0 Å². The lowest BCUT2D eigenvalue weighted by atomic mass is 10.2. The maximum absolute atomic E-state index is 11.5. The number of unbranched alkanes of at least 4 members (excludes halogenated alkanes) is 1. The van der Waals surface area contributed by atoms with E-state index in [0.29, 0.717) is 12.3 Å². The van der Waals surface area contributed by atoms with Gasteiger partial charge in [-0.05, 0) is 12.5 Å². The van der Waals surface area contributed by atoms with Crippen molar-refractivity contribution in [1.29, 1.82) is 0 Å². The molecule has 0 spiro atoms. The molecule has 5 heteroatoms. The van der Waals surface area contributed by atoms with E-state index in [4.69, 9.17) is 22.1 Å². The van der Waals surface area contributed by atoms with Crippen molar-refractivity contribution in [1.82, 2.24) is 4.98 Å². The highest BCUT2D eigenvalue weighted by molar-refractivity contribution is 6.32. The van der Waals surface area contributed by atoms with Gasteiger partial charge in [-0.2, -0.15) is 0 Å². The number of aromatic nitrogens is 1. The van der Waals surface area contributed by atoms with Crippen LogP contribution in [0.2, 0.25) is 5.15 Å². The van der Waals surface area contributed by atoms with E-state index in [2.05, 4.69) is 4.98 Å². The van der Waals surface area contributed by atoms with E-state index >= 15 is 0 Å². The summed E-state index contributed by atoms with van der Waals surface area (Å²) in [5.41, 5.74) is 6.10. The number of pyridine rings is 1. The molecule has 0 saturated heterocycles. The Kier molecular flexibility index (Phi) is 4.37. The number of esters is 1. The summed E-state index contributed by atoms with van der Waals surface area (Å²) in [5, 5.41) is 0.116. The van der Waals surface area contributed by atoms with Gasteiger partial charge in [-0.15, -0.1) is 0 Å². The SMILES string of the molecule is CCCCOC(=O)c1cc(N)cnc1Cl. The maximum atomic E-state index is 11.5. The van der Waals surface area contributed by atoms with Crippen molar-refractivity contribution in [2.75, 3.05) is 12.3 Å². The van der Waals surface area contributed by atoms with Gasteiger partial charge in [0.1, 0.15) is 5.15 Å². The quantitative estimate of drug-likeness (QED) is 0.488. The van der Waals surface area contributed by atoms with Crippen LogP contribution in [0.25, 0.3) is 0 Å². The number of ether oxygens (including phenoxy) is 1. The summed E-state index contributed by atoms with van der Waals surface area (Å²) in [4.78, 5) is 15.3. The highest BCUT2D eigenvalue weighted by Crippen LogP contribution is 2.16. The van der Waals surface area contributed by atoms with E-state index in [9.17, 15) is 4.79 Å². The van der Waals surface area contributed by atoms with Gasteiger partial charge in [0.25, 0.3) is 0 Å². The first-order valence-corrected chi connectivity index (χ1v) is 5.11. The molecule has 0 bridgehead atoms. The predicted molar refractivity (Wildman–Crippen MR) is 58.8 cm³/mol. The summed E-state index contributed by atoms with van der Waals surface area (Å²) in [6, 6.07) is 1.46. The number of nitrogens with zero attached hydrogens (tertiary/aromatic N) is 1. The standard InChI is InChI=1S/C10H13ClN2O2/c1-2-3-4-15-10(14)8-5-7(12)6-13-9(8)11/h5-6H,2-4,12H2,1H3. The smallest absolute Gasteiger partial charge is 0.341 e. The molecule has 0 aliphatic heterocycles. The Morgan fingerprint density at radius 3 is 3.07 bits per heavy atom. The summed E-state index contributed by atoms with van der Waals surface area (Å²) in [6.45, 7) is 2.41. The van der Waals surface area contributed by atoms with Gasteiger partial charge in [0.05, 0.1) is 24.1 Å². The Hall–Kier alpha value is -1.29. The minimum absolute atomic E-state index is 0.116. The molecule has 15 heavy (non-hydrogen) atoms. The van der Waals surface area contributed by atoms with Crippen molar-refractivity contribution in [3.8, 4) is 0 Å². The first kappa shape index (κ1) is 11.8. The Balaban J connectivity index is 2.68. The molecular formula is C10H13ClN2O2. The number of carbonyl (C=O) groups is 1. The molecule has 1 rings (SSSR count). The monoisotopic (exact) mass is 228 g/mol. The zero-order valence-corrected chi connectivity index (χ0v) is 9.25. The molecule has 1 heterocycles. The van der Waals surface area contributed by atoms with Crippen LogP contribution in [0.5, 0.6) is 0 Å². The van der Waals surface area contributed by atoms with E-state index in [0.717, 1.165) is 12.8 Å². The second kappa shape index (κ2) is 5.56. The van der Waals surface area contributed by atoms with Crippen molar-refractivity contribution in [3.63, 3.8) is 0 Å². The second-order valence-corrected chi connectivity index (χ2v) is 3.45. The normalized spacial score (nSPS) is 10.0. The van der Waals surface area contributed by atoms with Gasteiger partial charge >= 0.3 is 5.97 Å². The van der Waals surface area contributed by atoms with Crippen LogP contribution in [-0.4, -0.2) is 17.6 Å². The van der Waals surface area contributed by atoms with Crippen LogP contribution < -0.4 is 5.73 Å². The lowest BCUT2D eigenvalue weighted by Crippen LogP contribution is -2.08. The number of hydrogen-bond donors (Lipinski definition) is 1. The largest absolute Gasteiger partial charge is 0.462 e. The number of nitrogens with two attached hydrogens (primary N) is 1. The van der Waals surface area contributed by atoms with E-state index in [1.54, 1.807) is 0 Å². The fourth-order valence-corrected chi connectivity index (χ4v) is 1.17. The van der Waals surface area contributed by atoms with Crippen LogP contribution in [0.4, 0.5) is 5.69 Å². The highest BCUT2D eigenvalue weighted by Gasteiger charge is 2.12. The molecule has 0 aliphatic rings. The molecule has 82 valence electrons. The predicted octanol–water partition coefficient (Wildman–Crippen LogP) is 2.27. The summed E-state index contributed by atoms with van der Waals surface area (Å²) >= 11 is 5.74. The molecule has 0 atom stereocenters. The number of hydrogen-bond acceptors (Lipinski definition) is 4. The van der Waals surface area contributed by atoms with E-state index in [1.165, 1.54) is 12.3 Å².